The number of hydrogen-bond acceptors (Lipinski definition) is 4. The molecule has 0 saturated carbocycles. The average Bonchev–Trinajstić information content (AvgIpc) is 2.47. The molecule has 2 rings (SSSR count). The molecule has 0 spiro atoms. The fraction of sp³-hybridized carbons (Fsp3) is 0.500. The first kappa shape index (κ1) is 13.8. The van der Waals surface area contributed by atoms with Crippen molar-refractivity contribution in [3.05, 3.63) is 24.3 Å². The summed E-state index contributed by atoms with van der Waals surface area (Å²) < 4.78 is 10.6. The van der Waals surface area contributed by atoms with Crippen LogP contribution < -0.4 is 10.6 Å². The van der Waals surface area contributed by atoms with Gasteiger partial charge in [0.25, 0.3) is 5.91 Å². The molecule has 5 nitrogen and oxygen atoms in total. The topological polar surface area (TPSA) is 59.6 Å². The first-order chi connectivity index (χ1) is 9.31. The minimum absolute atomic E-state index is 0.162. The van der Waals surface area contributed by atoms with E-state index in [2.05, 4.69) is 17.6 Å². The number of para-hydroxylation sites is 2. The van der Waals surface area contributed by atoms with Crippen LogP contribution in [0, 0.1) is 0 Å². The van der Waals surface area contributed by atoms with Gasteiger partial charge in [0.05, 0.1) is 31.2 Å². The Bertz CT molecular complexity index is 417. The zero-order chi connectivity index (χ0) is 13.5. The molecule has 1 amide bonds. The zero-order valence-corrected chi connectivity index (χ0v) is 11.1. The van der Waals surface area contributed by atoms with Crippen LogP contribution in [-0.4, -0.2) is 38.4 Å². The van der Waals surface area contributed by atoms with E-state index in [-0.39, 0.29) is 5.91 Å². The highest BCUT2D eigenvalue weighted by Gasteiger charge is 2.23. The fourth-order valence-electron chi connectivity index (χ4n) is 1.86. The average molecular weight is 264 g/mol. The van der Waals surface area contributed by atoms with Gasteiger partial charge in [-0.15, -0.1) is 0 Å². The lowest BCUT2D eigenvalue weighted by atomic mass is 10.2. The number of ether oxygens (including phenoxy) is 2. The van der Waals surface area contributed by atoms with E-state index in [1.165, 1.54) is 0 Å². The van der Waals surface area contributed by atoms with Crippen molar-refractivity contribution >= 4 is 17.3 Å². The predicted molar refractivity (Wildman–Crippen MR) is 74.4 cm³/mol. The second kappa shape index (κ2) is 7.11. The highest BCUT2D eigenvalue weighted by atomic mass is 16.6. The molecular formula is C14H20N2O3. The van der Waals surface area contributed by atoms with Crippen LogP contribution in [0.2, 0.25) is 0 Å². The van der Waals surface area contributed by atoms with Crippen molar-refractivity contribution in [1.29, 1.82) is 0 Å². The van der Waals surface area contributed by atoms with Gasteiger partial charge in [0.15, 0.2) is 6.10 Å². The number of nitrogens with one attached hydrogen (secondary N) is 2. The lowest BCUT2D eigenvalue weighted by molar-refractivity contribution is -0.142. The van der Waals surface area contributed by atoms with Crippen molar-refractivity contribution in [2.24, 2.45) is 0 Å². The molecule has 1 aliphatic rings. The maximum absolute atomic E-state index is 12.0. The standard InChI is InChI=1S/C14H20N2O3/c1-2-7-15-11-5-3-4-6-12(11)16-14(17)13-10-18-8-9-19-13/h3-6,13,15H,2,7-10H2,1H3,(H,16,17)/t13-/m0/s1. The highest BCUT2D eigenvalue weighted by molar-refractivity contribution is 5.97. The largest absolute Gasteiger partial charge is 0.383 e. The van der Waals surface area contributed by atoms with Gasteiger partial charge in [-0.05, 0) is 18.6 Å². The van der Waals surface area contributed by atoms with Crippen LogP contribution in [0.25, 0.3) is 0 Å². The molecule has 1 aliphatic heterocycles. The second-order valence-corrected chi connectivity index (χ2v) is 4.40. The summed E-state index contributed by atoms with van der Waals surface area (Å²) in [6, 6.07) is 7.65. The third-order valence-electron chi connectivity index (χ3n) is 2.86. The molecule has 0 radical (unpaired) electrons. The number of amides is 1. The Morgan fingerprint density at radius 2 is 2.11 bits per heavy atom. The van der Waals surface area contributed by atoms with Crippen LogP contribution in [0.5, 0.6) is 0 Å². The molecule has 0 bridgehead atoms. The maximum Gasteiger partial charge on any atom is 0.255 e. The first-order valence-corrected chi connectivity index (χ1v) is 6.64. The highest BCUT2D eigenvalue weighted by Crippen LogP contribution is 2.21. The van der Waals surface area contributed by atoms with Crippen molar-refractivity contribution in [3.8, 4) is 0 Å². The van der Waals surface area contributed by atoms with Crippen LogP contribution in [0.1, 0.15) is 13.3 Å². The van der Waals surface area contributed by atoms with Crippen LogP contribution in [0.15, 0.2) is 24.3 Å². The molecule has 0 unspecified atom stereocenters. The number of carbonyl (C=O) groups excluding carboxylic acids is 1. The van der Waals surface area contributed by atoms with Crippen molar-refractivity contribution in [1.82, 2.24) is 0 Å². The predicted octanol–water partition coefficient (Wildman–Crippen LogP) is 1.86. The molecule has 1 saturated heterocycles. The molecule has 1 heterocycles. The van der Waals surface area contributed by atoms with Gasteiger partial charge in [-0.2, -0.15) is 0 Å². The van der Waals surface area contributed by atoms with Gasteiger partial charge in [-0.3, -0.25) is 4.79 Å². The van der Waals surface area contributed by atoms with Gasteiger partial charge >= 0.3 is 0 Å². The van der Waals surface area contributed by atoms with Crippen molar-refractivity contribution in [3.63, 3.8) is 0 Å². The minimum atomic E-state index is -0.520. The summed E-state index contributed by atoms with van der Waals surface area (Å²) in [6.45, 7) is 4.31. The second-order valence-electron chi connectivity index (χ2n) is 4.40. The van der Waals surface area contributed by atoms with Crippen LogP contribution in [0.4, 0.5) is 11.4 Å². The monoisotopic (exact) mass is 264 g/mol. The number of anilines is 2. The Hall–Kier alpha value is -1.59. The van der Waals surface area contributed by atoms with Crippen LogP contribution >= 0.6 is 0 Å². The summed E-state index contributed by atoms with van der Waals surface area (Å²) in [7, 11) is 0. The maximum atomic E-state index is 12.0. The summed E-state index contributed by atoms with van der Waals surface area (Å²) >= 11 is 0. The molecule has 1 aromatic rings. The molecule has 1 fully saturated rings. The van der Waals surface area contributed by atoms with Crippen molar-refractivity contribution in [2.45, 2.75) is 19.4 Å². The van der Waals surface area contributed by atoms with Gasteiger partial charge < -0.3 is 20.1 Å². The summed E-state index contributed by atoms with van der Waals surface area (Å²) in [5.74, 6) is -0.162. The van der Waals surface area contributed by atoms with Gasteiger partial charge in [0, 0.05) is 6.54 Å². The Balaban J connectivity index is 1.99. The van der Waals surface area contributed by atoms with Gasteiger partial charge in [0.2, 0.25) is 0 Å². The molecule has 19 heavy (non-hydrogen) atoms. The number of benzene rings is 1. The molecule has 0 aliphatic carbocycles. The van der Waals surface area contributed by atoms with E-state index in [9.17, 15) is 4.79 Å². The lowest BCUT2D eigenvalue weighted by Crippen LogP contribution is -2.39. The van der Waals surface area contributed by atoms with E-state index in [4.69, 9.17) is 9.47 Å². The summed E-state index contributed by atoms with van der Waals surface area (Å²) in [5.41, 5.74) is 1.70. The van der Waals surface area contributed by atoms with E-state index < -0.39 is 6.10 Å². The third-order valence-corrected chi connectivity index (χ3v) is 2.86. The van der Waals surface area contributed by atoms with E-state index in [1.807, 2.05) is 24.3 Å². The van der Waals surface area contributed by atoms with Gasteiger partial charge in [-0.1, -0.05) is 19.1 Å². The van der Waals surface area contributed by atoms with E-state index in [0.29, 0.717) is 19.8 Å². The van der Waals surface area contributed by atoms with Crippen molar-refractivity contribution < 1.29 is 14.3 Å². The normalized spacial score (nSPS) is 18.9. The van der Waals surface area contributed by atoms with Crippen molar-refractivity contribution in [2.75, 3.05) is 37.0 Å². The van der Waals surface area contributed by atoms with Crippen LogP contribution in [0.3, 0.4) is 0 Å². The minimum Gasteiger partial charge on any atom is -0.383 e. The Kier molecular flexibility index (Phi) is 5.18. The molecular weight excluding hydrogens is 244 g/mol. The Labute approximate surface area is 113 Å². The molecule has 5 heteroatoms. The fourth-order valence-corrected chi connectivity index (χ4v) is 1.86. The van der Waals surface area contributed by atoms with Crippen LogP contribution in [-0.2, 0) is 14.3 Å². The third kappa shape index (κ3) is 3.94. The first-order valence-electron chi connectivity index (χ1n) is 6.64. The number of carbonyl (C=O) groups is 1. The molecule has 0 aromatic heterocycles. The number of rotatable bonds is 5. The summed E-state index contributed by atoms with van der Waals surface area (Å²) in [4.78, 5) is 12.0. The van der Waals surface area contributed by atoms with Gasteiger partial charge in [0.1, 0.15) is 0 Å². The number of hydrogen-bond donors (Lipinski definition) is 2. The molecule has 104 valence electrons. The molecule has 1 atom stereocenters. The Morgan fingerprint density at radius 1 is 1.32 bits per heavy atom. The van der Waals surface area contributed by atoms with E-state index in [1.54, 1.807) is 0 Å². The zero-order valence-electron chi connectivity index (χ0n) is 11.1. The smallest absolute Gasteiger partial charge is 0.255 e. The molecule has 2 N–H and O–H groups in total. The van der Waals surface area contributed by atoms with E-state index >= 15 is 0 Å². The quantitative estimate of drug-likeness (QED) is 0.852. The van der Waals surface area contributed by atoms with Gasteiger partial charge in [-0.25, -0.2) is 0 Å². The summed E-state index contributed by atoms with van der Waals surface area (Å²) in [6.07, 6.45) is 0.509. The molecule has 1 aromatic carbocycles. The van der Waals surface area contributed by atoms with E-state index in [0.717, 1.165) is 24.3 Å². The lowest BCUT2D eigenvalue weighted by Gasteiger charge is -2.22. The SMILES string of the molecule is CCCNc1ccccc1NC(=O)[C@@H]1COCCO1. The Morgan fingerprint density at radius 3 is 2.79 bits per heavy atom. The summed E-state index contributed by atoms with van der Waals surface area (Å²) in [5, 5.41) is 6.17.